The van der Waals surface area contributed by atoms with Crippen molar-refractivity contribution in [3.63, 3.8) is 0 Å². The first kappa shape index (κ1) is 13.8. The largest absolute Gasteiger partial charge is 0.383 e. The van der Waals surface area contributed by atoms with Crippen LogP contribution in [-0.2, 0) is 0 Å². The molecule has 0 N–H and O–H groups in total. The van der Waals surface area contributed by atoms with Crippen LogP contribution in [-0.4, -0.2) is 31.0 Å². The average molecular weight is 266 g/mol. The van der Waals surface area contributed by atoms with Crippen LogP contribution in [0, 0.1) is 13.5 Å². The molecule has 5 heteroatoms. The van der Waals surface area contributed by atoms with Crippen molar-refractivity contribution in [3.8, 4) is 0 Å². The molecule has 0 aliphatic carbocycles. The van der Waals surface area contributed by atoms with Gasteiger partial charge in [-0.05, 0) is 18.7 Å². The summed E-state index contributed by atoms with van der Waals surface area (Å²) in [5.41, 5.74) is 1.47. The molecule has 0 aromatic carbocycles. The Morgan fingerprint density at radius 2 is 2.18 bits per heavy atom. The van der Waals surface area contributed by atoms with E-state index in [0.29, 0.717) is 10.6 Å². The van der Waals surface area contributed by atoms with Crippen LogP contribution in [0.15, 0.2) is 16.5 Å². The number of nitrogens with zero attached hydrogens (tertiary/aromatic N) is 2. The third-order valence-electron chi connectivity index (χ3n) is 2.15. The Bertz CT molecular complexity index is 495. The monoisotopic (exact) mass is 266 g/mol. The van der Waals surface area contributed by atoms with Crippen LogP contribution in [0.3, 0.4) is 0 Å². The summed E-state index contributed by atoms with van der Waals surface area (Å²) in [6, 6.07) is 0. The normalized spacial score (nSPS) is 10.5. The van der Waals surface area contributed by atoms with Gasteiger partial charge in [0.2, 0.25) is 5.00 Å². The molecule has 3 nitrogen and oxygen atoms in total. The fourth-order valence-electron chi connectivity index (χ4n) is 1.31. The molecule has 0 saturated carbocycles. The van der Waals surface area contributed by atoms with Gasteiger partial charge >= 0.3 is 0 Å². The Labute approximate surface area is 110 Å². The third-order valence-corrected chi connectivity index (χ3v) is 4.45. The van der Waals surface area contributed by atoms with Crippen molar-refractivity contribution in [1.82, 2.24) is 4.90 Å². The molecule has 90 valence electrons. The van der Waals surface area contributed by atoms with Crippen molar-refractivity contribution in [3.05, 3.63) is 34.8 Å². The molecule has 0 bridgehead atoms. The van der Waals surface area contributed by atoms with Crippen molar-refractivity contribution in [2.45, 2.75) is 11.1 Å². The minimum Gasteiger partial charge on any atom is -0.383 e. The molecule has 0 aliphatic heterocycles. The van der Waals surface area contributed by atoms with Crippen LogP contribution < -0.4 is 0 Å². The van der Waals surface area contributed by atoms with Crippen molar-refractivity contribution in [2.75, 3.05) is 20.4 Å². The molecule has 0 aliphatic rings. The molecule has 1 aromatic heterocycles. The number of hydrogen-bond acceptors (Lipinski definition) is 4. The Morgan fingerprint density at radius 3 is 2.65 bits per heavy atom. The van der Waals surface area contributed by atoms with E-state index in [1.165, 1.54) is 23.1 Å². The molecular weight excluding hydrogens is 252 g/mol. The highest BCUT2D eigenvalue weighted by Gasteiger charge is 2.18. The van der Waals surface area contributed by atoms with Crippen molar-refractivity contribution in [1.29, 1.82) is 0 Å². The zero-order valence-corrected chi connectivity index (χ0v) is 11.9. The number of thioether (sulfide) groups is 1. The fourth-order valence-corrected chi connectivity index (χ4v) is 3.17. The molecule has 1 rings (SSSR count). The van der Waals surface area contributed by atoms with Crippen LogP contribution in [0.25, 0.3) is 4.85 Å². The molecule has 0 atom stereocenters. The lowest BCUT2D eigenvalue weighted by molar-refractivity contribution is 0.104. The van der Waals surface area contributed by atoms with E-state index < -0.39 is 0 Å². The topological polar surface area (TPSA) is 24.7 Å². The number of carbonyl (C=O) groups is 1. The highest BCUT2D eigenvalue weighted by Crippen LogP contribution is 2.40. The third kappa shape index (κ3) is 3.11. The lowest BCUT2D eigenvalue weighted by Crippen LogP contribution is -2.03. The molecule has 1 heterocycles. The minimum absolute atomic E-state index is 0.0355. The summed E-state index contributed by atoms with van der Waals surface area (Å²) in [5.74, 6) is -0.0355. The summed E-state index contributed by atoms with van der Waals surface area (Å²) >= 11 is 2.90. The van der Waals surface area contributed by atoms with E-state index in [4.69, 9.17) is 6.57 Å². The lowest BCUT2D eigenvalue weighted by atomic mass is 10.1. The maximum absolute atomic E-state index is 12.1. The zero-order chi connectivity index (χ0) is 13.0. The highest BCUT2D eigenvalue weighted by atomic mass is 32.2. The SMILES string of the molecule is [C-]#[N+]c1sc(SC)c(C(=O)/C=C/N(C)C)c1C. The first-order valence-electron chi connectivity index (χ1n) is 4.95. The van der Waals surface area contributed by atoms with Gasteiger partial charge in [-0.3, -0.25) is 4.79 Å². The van der Waals surface area contributed by atoms with Crippen LogP contribution in [0.5, 0.6) is 0 Å². The number of thiophene rings is 1. The van der Waals surface area contributed by atoms with Crippen molar-refractivity contribution in [2.24, 2.45) is 0 Å². The smallest absolute Gasteiger partial charge is 0.245 e. The second kappa shape index (κ2) is 5.89. The van der Waals surface area contributed by atoms with Gasteiger partial charge < -0.3 is 4.90 Å². The van der Waals surface area contributed by atoms with E-state index in [9.17, 15) is 4.79 Å². The summed E-state index contributed by atoms with van der Waals surface area (Å²) in [6.45, 7) is 8.90. The van der Waals surface area contributed by atoms with Crippen LogP contribution in [0.1, 0.15) is 15.9 Å². The van der Waals surface area contributed by atoms with Crippen LogP contribution in [0.2, 0.25) is 0 Å². The molecule has 17 heavy (non-hydrogen) atoms. The molecule has 0 spiro atoms. The van der Waals surface area contributed by atoms with E-state index >= 15 is 0 Å². The van der Waals surface area contributed by atoms with Gasteiger partial charge in [0.25, 0.3) is 0 Å². The van der Waals surface area contributed by atoms with Gasteiger partial charge in [-0.2, -0.15) is 0 Å². The number of allylic oxidation sites excluding steroid dienone is 1. The maximum Gasteiger partial charge on any atom is 0.245 e. The van der Waals surface area contributed by atoms with Gasteiger partial charge in [-0.25, -0.2) is 4.85 Å². The quantitative estimate of drug-likeness (QED) is 0.360. The number of ketones is 1. The molecule has 0 radical (unpaired) electrons. The molecule has 0 saturated heterocycles. The highest BCUT2D eigenvalue weighted by molar-refractivity contribution is 8.00. The van der Waals surface area contributed by atoms with E-state index in [2.05, 4.69) is 4.85 Å². The van der Waals surface area contributed by atoms with E-state index in [1.54, 1.807) is 12.3 Å². The van der Waals surface area contributed by atoms with Crippen LogP contribution in [0.4, 0.5) is 5.00 Å². The summed E-state index contributed by atoms with van der Waals surface area (Å²) in [5, 5.41) is 0.607. The molecule has 0 amide bonds. The second-order valence-corrected chi connectivity index (χ2v) is 5.73. The van der Waals surface area contributed by atoms with Gasteiger partial charge in [0, 0.05) is 31.9 Å². The molecule has 1 aromatic rings. The van der Waals surface area contributed by atoms with Gasteiger partial charge in [-0.15, -0.1) is 23.1 Å². The first-order chi connectivity index (χ1) is 8.01. The number of rotatable bonds is 4. The van der Waals surface area contributed by atoms with E-state index in [-0.39, 0.29) is 5.78 Å². The molecule has 0 fully saturated rings. The van der Waals surface area contributed by atoms with Crippen molar-refractivity contribution >= 4 is 33.9 Å². The van der Waals surface area contributed by atoms with E-state index in [0.717, 1.165) is 9.77 Å². The predicted molar refractivity (Wildman–Crippen MR) is 74.3 cm³/mol. The fraction of sp³-hybridized carbons (Fsp3) is 0.333. The first-order valence-corrected chi connectivity index (χ1v) is 6.99. The average Bonchev–Trinajstić information content (AvgIpc) is 2.62. The van der Waals surface area contributed by atoms with E-state index in [1.807, 2.05) is 32.2 Å². The van der Waals surface area contributed by atoms with Gasteiger partial charge in [0.05, 0.1) is 10.8 Å². The number of carbonyl (C=O) groups excluding carboxylic acids is 1. The summed E-state index contributed by atoms with van der Waals surface area (Å²) < 4.78 is 0.918. The Balaban J connectivity index is 3.17. The standard InChI is InChI=1S/C12H14N2OS2/c1-8-10(9(15)6-7-14(3)4)12(16-5)17-11(8)13-2/h6-7H,1,3-5H3/b7-6+. The van der Waals surface area contributed by atoms with Gasteiger partial charge in [0.1, 0.15) is 0 Å². The summed E-state index contributed by atoms with van der Waals surface area (Å²) in [7, 11) is 3.73. The number of hydrogen-bond donors (Lipinski definition) is 0. The van der Waals surface area contributed by atoms with Gasteiger partial charge in [-0.1, -0.05) is 0 Å². The minimum atomic E-state index is -0.0355. The molecule has 0 unspecified atom stereocenters. The maximum atomic E-state index is 12.1. The Hall–Kier alpha value is -1.25. The Morgan fingerprint density at radius 1 is 1.53 bits per heavy atom. The van der Waals surface area contributed by atoms with Crippen LogP contribution >= 0.6 is 23.1 Å². The second-order valence-electron chi connectivity index (χ2n) is 3.65. The van der Waals surface area contributed by atoms with Crippen molar-refractivity contribution < 1.29 is 4.79 Å². The van der Waals surface area contributed by atoms with Gasteiger partial charge in [0.15, 0.2) is 5.78 Å². The lowest BCUT2D eigenvalue weighted by Gasteiger charge is -2.03. The Kier molecular flexibility index (Phi) is 4.79. The predicted octanol–water partition coefficient (Wildman–Crippen LogP) is 3.59. The molecular formula is C12H14N2OS2. The summed E-state index contributed by atoms with van der Waals surface area (Å²) in [6.07, 6.45) is 5.19. The summed E-state index contributed by atoms with van der Waals surface area (Å²) in [4.78, 5) is 17.3. The zero-order valence-electron chi connectivity index (χ0n) is 10.3.